The van der Waals surface area contributed by atoms with Gasteiger partial charge in [0.15, 0.2) is 23.0 Å². The fourth-order valence-corrected chi connectivity index (χ4v) is 8.45. The van der Waals surface area contributed by atoms with Crippen LogP contribution < -0.4 is 45.0 Å². The van der Waals surface area contributed by atoms with Gasteiger partial charge in [0.2, 0.25) is 24.1 Å². The minimum Gasteiger partial charge on any atom is -0.507 e. The number of methoxy groups -OCH3 is 3. The van der Waals surface area contributed by atoms with Crippen LogP contribution in [0.3, 0.4) is 0 Å². The van der Waals surface area contributed by atoms with Crippen LogP contribution in [0.5, 0.6) is 40.2 Å². The number of aliphatic hydroxyl groups excluding tert-OH is 3. The highest BCUT2D eigenvalue weighted by Crippen LogP contribution is 2.55. The van der Waals surface area contributed by atoms with Gasteiger partial charge in [-0.2, -0.15) is 0 Å². The Balaban J connectivity index is 0.000000187. The van der Waals surface area contributed by atoms with Gasteiger partial charge in [0, 0.05) is 62.5 Å². The molecule has 4 atom stereocenters. The number of carbonyl (C=O) groups excluding carboxylic acids is 3. The van der Waals surface area contributed by atoms with E-state index >= 15 is 0 Å². The smallest absolute Gasteiger partial charge is 0.310 e. The summed E-state index contributed by atoms with van der Waals surface area (Å²) in [5.41, 5.74) is 2.97. The number of aliphatic hydroxyl groups is 3. The Hall–Kier alpha value is -6.31. The summed E-state index contributed by atoms with van der Waals surface area (Å²) in [4.78, 5) is 39.5. The highest BCUT2D eigenvalue weighted by atomic mass is 16.7. The van der Waals surface area contributed by atoms with E-state index < -0.39 is 23.6 Å². The second kappa shape index (κ2) is 19.2. The molecule has 4 aromatic rings. The van der Waals surface area contributed by atoms with Gasteiger partial charge in [0.1, 0.15) is 11.5 Å². The number of hydrogen-bond donors (Lipinski definition) is 9. The second-order valence-corrected chi connectivity index (χ2v) is 14.8. The van der Waals surface area contributed by atoms with E-state index in [1.165, 1.54) is 19.2 Å². The van der Waals surface area contributed by atoms with Gasteiger partial charge in [-0.05, 0) is 65.2 Å². The summed E-state index contributed by atoms with van der Waals surface area (Å²) in [6, 6.07) is 13.1. The van der Waals surface area contributed by atoms with Crippen LogP contribution in [0.2, 0.25) is 0 Å². The third kappa shape index (κ3) is 8.22. The molecule has 2 heterocycles. The standard InChI is InChI=1S/C22H28N4O6.C22H22O8/c27-11-9-23-5-7-25-13-1-2-14(26-8-6-24-10-12-28)18-17(13)21(31)19-15(29)3-4-16(30)20(19)22(18)32;1-25-16-4-10(5-17(26-2)21(16)27-3)18-11-6-14-15(30-9-29-14)7-12(11)20(23)13-8-28-22(24)19(13)18/h1-4,23-30H,5-12H2;4-7,13,18-20,23H,8-9H2,1-3H3/t;13?,18-,19-,20+/m.1/s1. The van der Waals surface area contributed by atoms with Crippen molar-refractivity contribution in [3.05, 3.63) is 87.5 Å². The lowest BCUT2D eigenvalue weighted by Gasteiger charge is -2.37. The minimum absolute atomic E-state index is 0.00939. The highest BCUT2D eigenvalue weighted by molar-refractivity contribution is 6.33. The van der Waals surface area contributed by atoms with Crippen molar-refractivity contribution < 1.29 is 68.3 Å². The van der Waals surface area contributed by atoms with E-state index in [0.717, 1.165) is 11.1 Å². The summed E-state index contributed by atoms with van der Waals surface area (Å²) >= 11 is 0. The van der Waals surface area contributed by atoms with Crippen LogP contribution in [0.1, 0.15) is 60.6 Å². The summed E-state index contributed by atoms with van der Waals surface area (Å²) in [6.45, 7) is 3.10. The number of benzene rings is 4. The topological polar surface area (TPSA) is 256 Å². The monoisotopic (exact) mass is 858 g/mol. The zero-order valence-electron chi connectivity index (χ0n) is 34.4. The Labute approximate surface area is 356 Å². The second-order valence-electron chi connectivity index (χ2n) is 14.8. The van der Waals surface area contributed by atoms with Crippen LogP contribution in [-0.4, -0.2) is 130 Å². The first-order chi connectivity index (χ1) is 30.1. The van der Waals surface area contributed by atoms with Gasteiger partial charge in [-0.3, -0.25) is 14.4 Å². The number of ether oxygens (including phenoxy) is 6. The highest BCUT2D eigenvalue weighted by Gasteiger charge is 2.52. The summed E-state index contributed by atoms with van der Waals surface area (Å²) < 4.78 is 32.9. The van der Waals surface area contributed by atoms with Gasteiger partial charge in [0.25, 0.3) is 0 Å². The maximum absolute atomic E-state index is 13.4. The molecule has 18 nitrogen and oxygen atoms in total. The molecule has 0 amide bonds. The SMILES string of the molecule is COc1cc([C@@H]2c3cc4c(cc3[C@H](O)C3COC(=O)[C@H]32)OCO4)cc(OC)c1OC.O=C1c2c(O)ccc(O)c2C(=O)c2c(NCCNCCO)ccc(NCCNCCO)c21. The number of nitrogens with one attached hydrogen (secondary N) is 4. The molecule has 2 aliphatic heterocycles. The predicted molar refractivity (Wildman–Crippen MR) is 223 cm³/mol. The summed E-state index contributed by atoms with van der Waals surface area (Å²) in [5.74, 6) is -0.872. The number of carbonyl (C=O) groups is 3. The molecule has 0 saturated carbocycles. The zero-order chi connectivity index (χ0) is 44.1. The number of hydrogen-bond acceptors (Lipinski definition) is 18. The third-order valence-corrected chi connectivity index (χ3v) is 11.3. The number of cyclic esters (lactones) is 1. The number of phenols is 2. The molecule has 0 radical (unpaired) electrons. The number of fused-ring (bicyclic) bond motifs is 5. The summed E-state index contributed by atoms with van der Waals surface area (Å²) in [5, 5.41) is 61.6. The van der Waals surface area contributed by atoms with Gasteiger partial charge in [-0.1, -0.05) is 0 Å². The van der Waals surface area contributed by atoms with Crippen LogP contribution in [0.25, 0.3) is 0 Å². The molecular weight excluding hydrogens is 808 g/mol. The van der Waals surface area contributed by atoms with Crippen LogP contribution in [0, 0.1) is 11.8 Å². The van der Waals surface area contributed by atoms with Crippen molar-refractivity contribution in [2.45, 2.75) is 12.0 Å². The van der Waals surface area contributed by atoms with E-state index in [2.05, 4.69) is 21.3 Å². The van der Waals surface area contributed by atoms with E-state index in [1.807, 2.05) is 18.2 Å². The lowest BCUT2D eigenvalue weighted by atomic mass is 9.66. The molecule has 1 unspecified atom stereocenters. The fourth-order valence-electron chi connectivity index (χ4n) is 8.45. The third-order valence-electron chi connectivity index (χ3n) is 11.3. The quantitative estimate of drug-likeness (QED) is 0.0392. The Morgan fingerprint density at radius 2 is 1.16 bits per heavy atom. The summed E-state index contributed by atoms with van der Waals surface area (Å²) in [6.07, 6.45) is -0.843. The van der Waals surface area contributed by atoms with Crippen molar-refractivity contribution in [2.24, 2.45) is 11.8 Å². The van der Waals surface area contributed by atoms with E-state index in [4.69, 9.17) is 38.6 Å². The van der Waals surface area contributed by atoms with E-state index in [9.17, 15) is 29.7 Å². The Bertz CT molecular complexity index is 2230. The van der Waals surface area contributed by atoms with E-state index in [0.29, 0.717) is 85.0 Å². The van der Waals surface area contributed by atoms with Gasteiger partial charge < -0.3 is 75.2 Å². The molecule has 2 aliphatic carbocycles. The molecule has 1 fully saturated rings. The van der Waals surface area contributed by atoms with Gasteiger partial charge in [0.05, 0.1) is 75.4 Å². The van der Waals surface area contributed by atoms with Crippen LogP contribution in [0.4, 0.5) is 11.4 Å². The molecule has 9 N–H and O–H groups in total. The molecule has 8 rings (SSSR count). The lowest BCUT2D eigenvalue weighted by Crippen LogP contribution is -2.34. The number of ketones is 2. The lowest BCUT2D eigenvalue weighted by molar-refractivity contribution is -0.141. The molecule has 0 aromatic heterocycles. The first-order valence-electron chi connectivity index (χ1n) is 20.1. The maximum Gasteiger partial charge on any atom is 0.310 e. The van der Waals surface area contributed by atoms with Gasteiger partial charge >= 0.3 is 5.97 Å². The molecular formula is C44H50N4O14. The van der Waals surface area contributed by atoms with E-state index in [-0.39, 0.29) is 78.2 Å². The maximum atomic E-state index is 13.4. The molecule has 0 spiro atoms. The number of phenolic OH excluding ortho intramolecular Hbond substituents is 2. The zero-order valence-corrected chi connectivity index (χ0v) is 34.4. The van der Waals surface area contributed by atoms with Crippen molar-refractivity contribution in [1.29, 1.82) is 0 Å². The van der Waals surface area contributed by atoms with Gasteiger partial charge in [-0.25, -0.2) is 0 Å². The normalized spacial score (nSPS) is 19.0. The molecule has 18 heteroatoms. The van der Waals surface area contributed by atoms with Crippen molar-refractivity contribution in [3.63, 3.8) is 0 Å². The summed E-state index contributed by atoms with van der Waals surface area (Å²) in [7, 11) is 4.63. The number of aromatic hydroxyl groups is 2. The van der Waals surface area contributed by atoms with Crippen molar-refractivity contribution in [1.82, 2.24) is 10.6 Å². The minimum atomic E-state index is -0.843. The molecule has 4 aliphatic rings. The van der Waals surface area contributed by atoms with Crippen molar-refractivity contribution in [2.75, 3.05) is 97.8 Å². The number of rotatable bonds is 16. The average Bonchev–Trinajstić information content (AvgIpc) is 3.91. The van der Waals surface area contributed by atoms with Crippen LogP contribution in [0.15, 0.2) is 48.5 Å². The first kappa shape index (κ1) is 43.8. The Kier molecular flexibility index (Phi) is 13.5. The van der Waals surface area contributed by atoms with Crippen molar-refractivity contribution >= 4 is 28.9 Å². The van der Waals surface area contributed by atoms with Crippen LogP contribution in [-0.2, 0) is 9.53 Å². The predicted octanol–water partition coefficient (Wildman–Crippen LogP) is 2.27. The Morgan fingerprint density at radius 3 is 1.65 bits per heavy atom. The van der Waals surface area contributed by atoms with Gasteiger partial charge in [-0.15, -0.1) is 0 Å². The molecule has 4 aromatic carbocycles. The molecule has 1 saturated heterocycles. The fraction of sp³-hybridized carbons (Fsp3) is 0.386. The molecule has 0 bridgehead atoms. The first-order valence-corrected chi connectivity index (χ1v) is 20.1. The number of anilines is 2. The van der Waals surface area contributed by atoms with Crippen LogP contribution >= 0.6 is 0 Å². The number of esters is 1. The van der Waals surface area contributed by atoms with Crippen molar-refractivity contribution in [3.8, 4) is 40.2 Å². The molecule has 330 valence electrons. The molecule has 62 heavy (non-hydrogen) atoms. The van der Waals surface area contributed by atoms with E-state index in [1.54, 1.807) is 32.4 Å². The largest absolute Gasteiger partial charge is 0.507 e. The average molecular weight is 859 g/mol. The Morgan fingerprint density at radius 1 is 0.645 bits per heavy atom.